The minimum absolute atomic E-state index is 0.0576. The number of hydrogen-bond donors (Lipinski definition) is 6. The summed E-state index contributed by atoms with van der Waals surface area (Å²) in [6.07, 6.45) is 0.115. The number of hydrogen-bond acceptors (Lipinski definition) is 6. The van der Waals surface area contributed by atoms with Crippen molar-refractivity contribution in [1.82, 2.24) is 0 Å². The first-order valence-corrected chi connectivity index (χ1v) is 6.91. The van der Waals surface area contributed by atoms with Gasteiger partial charge in [0.15, 0.2) is 0 Å². The van der Waals surface area contributed by atoms with Gasteiger partial charge in [0.1, 0.15) is 0 Å². The third-order valence-corrected chi connectivity index (χ3v) is 3.89. The largest absolute Gasteiger partial charge is 0.328 e. The van der Waals surface area contributed by atoms with Crippen LogP contribution in [-0.2, 0) is 0 Å². The zero-order valence-electron chi connectivity index (χ0n) is 6.99. The third-order valence-electron chi connectivity index (χ3n) is 1.30. The zero-order chi connectivity index (χ0) is 10.4. The fourth-order valence-electron chi connectivity index (χ4n) is 0.224. The van der Waals surface area contributed by atoms with Gasteiger partial charge in [-0.2, -0.15) is 0 Å². The molecule has 6 N–H and O–H groups in total. The normalized spacial score (nSPS) is 14.6. The van der Waals surface area contributed by atoms with Gasteiger partial charge in [0, 0.05) is 0 Å². The second-order valence-electron chi connectivity index (χ2n) is 2.24. The van der Waals surface area contributed by atoms with E-state index in [1.165, 1.54) is 0 Å². The maximum Gasteiger partial charge on any atom is 0.324 e. The van der Waals surface area contributed by atoms with Crippen LogP contribution in [0.25, 0.3) is 0 Å². The fourth-order valence-corrected chi connectivity index (χ4v) is 0.671. The van der Waals surface area contributed by atoms with Crippen LogP contribution in [0, 0.1) is 0 Å². The molecule has 0 atom stereocenters. The Hall–Kier alpha value is 0.620. The van der Waals surface area contributed by atoms with E-state index in [2.05, 4.69) is 0 Å². The van der Waals surface area contributed by atoms with E-state index in [0.717, 1.165) is 0 Å². The molecule has 0 rings (SSSR count). The quantitative estimate of drug-likeness (QED) is 0.350. The van der Waals surface area contributed by atoms with Gasteiger partial charge in [0.2, 0.25) is 0 Å². The molecule has 0 unspecified atom stereocenters. The van der Waals surface area contributed by atoms with Crippen molar-refractivity contribution in [3.8, 4) is 0 Å². The Morgan fingerprint density at radius 1 is 0.917 bits per heavy atom. The van der Waals surface area contributed by atoms with E-state index in [0.29, 0.717) is 0 Å². The summed E-state index contributed by atoms with van der Waals surface area (Å²) in [6, 6.07) is 0. The topological polar surface area (TPSA) is 121 Å². The molecule has 0 saturated carbocycles. The molecular weight excluding hydrogens is 206 g/mol. The summed E-state index contributed by atoms with van der Waals surface area (Å²) in [5.41, 5.74) is 0. The molecule has 6 nitrogen and oxygen atoms in total. The second-order valence-corrected chi connectivity index (χ2v) is 6.72. The van der Waals surface area contributed by atoms with Crippen LogP contribution in [0.2, 0.25) is 0 Å². The average molecular weight is 222 g/mol. The molecule has 0 aromatic carbocycles. The van der Waals surface area contributed by atoms with Gasteiger partial charge in [0.25, 0.3) is 0 Å². The summed E-state index contributed by atoms with van der Waals surface area (Å²) < 4.78 is 0. The predicted molar refractivity (Wildman–Crippen MR) is 48.2 cm³/mol. The summed E-state index contributed by atoms with van der Waals surface area (Å²) in [7, 11) is -6.72. The van der Waals surface area contributed by atoms with Gasteiger partial charge < -0.3 is 14.7 Å². The maximum atomic E-state index is 8.84. The molecule has 0 aromatic heterocycles. The zero-order valence-corrected chi connectivity index (χ0v) is 8.78. The molecule has 0 aliphatic carbocycles. The molecule has 0 spiro atoms. The molecule has 0 aliphatic rings. The average Bonchev–Trinajstić information content (AvgIpc) is 1.87. The molecule has 8 heteroatoms. The molecule has 12 heavy (non-hydrogen) atoms. The third kappa shape index (κ3) is 13.2. The van der Waals surface area contributed by atoms with Crippen molar-refractivity contribution in [3.05, 3.63) is 0 Å². The van der Waals surface area contributed by atoms with E-state index in [-0.39, 0.29) is 12.3 Å². The number of rotatable bonds is 2. The summed E-state index contributed by atoms with van der Waals surface area (Å²) in [4.78, 5) is 48.2. The molecule has 0 aromatic rings. The predicted octanol–water partition coefficient (Wildman–Crippen LogP) is -0.508. The molecule has 0 radical (unpaired) electrons. The first-order valence-electron chi connectivity index (χ1n) is 3.25. The molecule has 0 amide bonds. The van der Waals surface area contributed by atoms with Crippen LogP contribution in [0.4, 0.5) is 0 Å². The maximum absolute atomic E-state index is 8.84. The van der Waals surface area contributed by atoms with Crippen LogP contribution in [0.5, 0.6) is 0 Å². The van der Waals surface area contributed by atoms with Crippen molar-refractivity contribution < 1.29 is 29.4 Å². The van der Waals surface area contributed by atoms with Crippen molar-refractivity contribution >= 4 is 15.9 Å². The first kappa shape index (κ1) is 15.1. The van der Waals surface area contributed by atoms with E-state index in [9.17, 15) is 0 Å². The summed E-state index contributed by atoms with van der Waals surface area (Å²) in [6.45, 7) is 3.11. The van der Waals surface area contributed by atoms with Gasteiger partial charge in [-0.05, 0) is 0 Å². The summed E-state index contributed by atoms with van der Waals surface area (Å²) in [5.74, 6) is 0. The van der Waals surface area contributed by atoms with Gasteiger partial charge in [0.05, 0.1) is 0 Å². The second kappa shape index (κ2) is 5.37. The van der Waals surface area contributed by atoms with Crippen LogP contribution < -0.4 is 0 Å². The van der Waals surface area contributed by atoms with Gasteiger partial charge in [-0.15, -0.1) is 0 Å². The minimum atomic E-state index is -4.10. The van der Waals surface area contributed by atoms with Crippen molar-refractivity contribution in [2.75, 3.05) is 12.3 Å². The van der Waals surface area contributed by atoms with E-state index in [1.54, 1.807) is 13.8 Å². The smallest absolute Gasteiger partial charge is 0.324 e. The Morgan fingerprint density at radius 3 is 1.08 bits per heavy atom. The standard InChI is InChI=1S/C4H13O3P.H3O3P/c1-3-8(5,6,7)4-2;1-4(2)3/h5-7H,3-4H2,1-2H3;1-3H. The van der Waals surface area contributed by atoms with Crippen LogP contribution in [0.1, 0.15) is 13.8 Å². The summed E-state index contributed by atoms with van der Waals surface area (Å²) in [5, 5.41) is 0. The fraction of sp³-hybridized carbons (Fsp3) is 1.00. The molecule has 0 saturated heterocycles. The van der Waals surface area contributed by atoms with Crippen LogP contribution in [-0.4, -0.2) is 41.7 Å². The Bertz CT molecular complexity index is 108. The molecule has 0 aliphatic heterocycles. The van der Waals surface area contributed by atoms with Gasteiger partial charge >= 0.3 is 56.7 Å². The van der Waals surface area contributed by atoms with E-state index < -0.39 is 15.9 Å². The Kier molecular flexibility index (Phi) is 6.76. The summed E-state index contributed by atoms with van der Waals surface area (Å²) >= 11 is 0. The van der Waals surface area contributed by atoms with E-state index >= 15 is 0 Å². The molecule has 0 fully saturated rings. The molecule has 0 heterocycles. The first-order chi connectivity index (χ1) is 5.12. The van der Waals surface area contributed by atoms with Crippen molar-refractivity contribution in [1.29, 1.82) is 0 Å². The van der Waals surface area contributed by atoms with E-state index in [1.807, 2.05) is 0 Å². The van der Waals surface area contributed by atoms with E-state index in [4.69, 9.17) is 29.4 Å². The Balaban J connectivity index is 0. The van der Waals surface area contributed by atoms with Gasteiger partial charge in [-0.25, -0.2) is 0 Å². The van der Waals surface area contributed by atoms with Crippen LogP contribution in [0.3, 0.4) is 0 Å². The molecular formula is C4H16O6P2. The Labute approximate surface area is 72.3 Å². The van der Waals surface area contributed by atoms with Crippen molar-refractivity contribution in [2.45, 2.75) is 13.8 Å². The van der Waals surface area contributed by atoms with Gasteiger partial charge in [-0.3, -0.25) is 0 Å². The van der Waals surface area contributed by atoms with Crippen LogP contribution >= 0.6 is 15.9 Å². The molecule has 0 bridgehead atoms. The monoisotopic (exact) mass is 222 g/mol. The van der Waals surface area contributed by atoms with Crippen molar-refractivity contribution in [3.63, 3.8) is 0 Å². The SMILES string of the molecule is CCP(O)(O)(O)CC.OP(O)O. The Morgan fingerprint density at radius 2 is 1.08 bits per heavy atom. The van der Waals surface area contributed by atoms with Crippen molar-refractivity contribution in [2.24, 2.45) is 0 Å². The molecule has 78 valence electrons. The van der Waals surface area contributed by atoms with Gasteiger partial charge in [-0.1, -0.05) is 0 Å². The van der Waals surface area contributed by atoms with Crippen LogP contribution in [0.15, 0.2) is 0 Å². The minimum Gasteiger partial charge on any atom is -0.328 e.